The van der Waals surface area contributed by atoms with Crippen LogP contribution >= 0.6 is 11.8 Å². The van der Waals surface area contributed by atoms with E-state index >= 15 is 0 Å². The van der Waals surface area contributed by atoms with Crippen molar-refractivity contribution in [1.82, 2.24) is 15.5 Å². The van der Waals surface area contributed by atoms with Gasteiger partial charge in [0.1, 0.15) is 12.6 Å². The molecule has 0 saturated heterocycles. The highest BCUT2D eigenvalue weighted by molar-refractivity contribution is 7.98. The fraction of sp³-hybridized carbons (Fsp3) is 0.750. The van der Waals surface area contributed by atoms with E-state index in [1.807, 2.05) is 6.26 Å². The van der Waals surface area contributed by atoms with Crippen molar-refractivity contribution in [2.45, 2.75) is 12.5 Å². The standard InChI is InChI=1S/C12H23N3O5S/c1-15(8-10(16)13-5-6-20-2)12(19)14-9(11(17)18)4-7-21-3/h9H,4-8H2,1-3H3,(H,13,16)(H,14,19)(H,17,18)/t9-/m1/s1. The van der Waals surface area contributed by atoms with Gasteiger partial charge in [-0.2, -0.15) is 11.8 Å². The maximum atomic E-state index is 11.8. The Balaban J connectivity index is 4.22. The van der Waals surface area contributed by atoms with Gasteiger partial charge in [0.2, 0.25) is 5.91 Å². The summed E-state index contributed by atoms with van der Waals surface area (Å²) < 4.78 is 4.79. The highest BCUT2D eigenvalue weighted by Crippen LogP contribution is 2.01. The second kappa shape index (κ2) is 11.2. The minimum Gasteiger partial charge on any atom is -0.480 e. The Morgan fingerprint density at radius 3 is 2.57 bits per heavy atom. The lowest BCUT2D eigenvalue weighted by molar-refractivity contribution is -0.139. The van der Waals surface area contributed by atoms with Gasteiger partial charge < -0.3 is 25.4 Å². The molecule has 3 amide bonds. The number of nitrogens with zero attached hydrogens (tertiary/aromatic N) is 1. The van der Waals surface area contributed by atoms with Gasteiger partial charge in [0.15, 0.2) is 0 Å². The lowest BCUT2D eigenvalue weighted by atomic mass is 10.2. The summed E-state index contributed by atoms with van der Waals surface area (Å²) in [5.74, 6) is -0.797. The van der Waals surface area contributed by atoms with Crippen LogP contribution in [0.15, 0.2) is 0 Å². The maximum Gasteiger partial charge on any atom is 0.326 e. The number of ether oxygens (including phenoxy) is 1. The second-order valence-corrected chi connectivity index (χ2v) is 5.31. The molecule has 0 aromatic heterocycles. The van der Waals surface area contributed by atoms with E-state index in [9.17, 15) is 14.4 Å². The van der Waals surface area contributed by atoms with Crippen LogP contribution in [0.25, 0.3) is 0 Å². The summed E-state index contributed by atoms with van der Waals surface area (Å²) in [5.41, 5.74) is 0. The van der Waals surface area contributed by atoms with Crippen molar-refractivity contribution in [3.8, 4) is 0 Å². The second-order valence-electron chi connectivity index (χ2n) is 4.32. The largest absolute Gasteiger partial charge is 0.480 e. The van der Waals surface area contributed by atoms with Gasteiger partial charge in [0, 0.05) is 20.7 Å². The number of amides is 3. The van der Waals surface area contributed by atoms with Crippen molar-refractivity contribution in [3.05, 3.63) is 0 Å². The number of nitrogens with one attached hydrogen (secondary N) is 2. The first-order valence-electron chi connectivity index (χ1n) is 6.41. The molecule has 9 heteroatoms. The lowest BCUT2D eigenvalue weighted by Crippen LogP contribution is -2.49. The van der Waals surface area contributed by atoms with Gasteiger partial charge in [-0.1, -0.05) is 0 Å². The zero-order valence-corrected chi connectivity index (χ0v) is 13.4. The number of methoxy groups -OCH3 is 1. The SMILES string of the molecule is COCCNC(=O)CN(C)C(=O)N[C@H](CCSC)C(=O)O. The molecular formula is C12H23N3O5S. The Bertz CT molecular complexity index is 354. The predicted molar refractivity (Wildman–Crippen MR) is 80.5 cm³/mol. The molecule has 0 aromatic carbocycles. The number of carboxylic acids is 1. The molecule has 0 aromatic rings. The van der Waals surface area contributed by atoms with Crippen LogP contribution in [0.3, 0.4) is 0 Å². The Morgan fingerprint density at radius 1 is 1.38 bits per heavy atom. The van der Waals surface area contributed by atoms with Crippen LogP contribution in [0.2, 0.25) is 0 Å². The number of carbonyl (C=O) groups excluding carboxylic acids is 2. The zero-order chi connectivity index (χ0) is 16.3. The zero-order valence-electron chi connectivity index (χ0n) is 12.5. The van der Waals surface area contributed by atoms with Crippen molar-refractivity contribution < 1.29 is 24.2 Å². The van der Waals surface area contributed by atoms with Gasteiger partial charge in [-0.25, -0.2) is 9.59 Å². The highest BCUT2D eigenvalue weighted by Gasteiger charge is 2.22. The molecule has 0 fully saturated rings. The molecule has 3 N–H and O–H groups in total. The van der Waals surface area contributed by atoms with Crippen molar-refractivity contribution in [2.24, 2.45) is 0 Å². The molecule has 0 bridgehead atoms. The van der Waals surface area contributed by atoms with Crippen LogP contribution in [0, 0.1) is 0 Å². The minimum atomic E-state index is -1.09. The van der Waals surface area contributed by atoms with E-state index in [4.69, 9.17) is 9.84 Å². The van der Waals surface area contributed by atoms with Gasteiger partial charge in [0.05, 0.1) is 6.61 Å². The number of rotatable bonds is 10. The molecule has 0 heterocycles. The minimum absolute atomic E-state index is 0.148. The quantitative estimate of drug-likeness (QED) is 0.472. The molecule has 0 spiro atoms. The van der Waals surface area contributed by atoms with E-state index in [0.717, 1.165) is 4.90 Å². The van der Waals surface area contributed by atoms with Crippen LogP contribution < -0.4 is 10.6 Å². The molecule has 8 nitrogen and oxygen atoms in total. The molecule has 122 valence electrons. The number of hydrogen-bond donors (Lipinski definition) is 3. The van der Waals surface area contributed by atoms with E-state index in [1.165, 1.54) is 25.9 Å². The third-order valence-electron chi connectivity index (χ3n) is 2.56. The number of carbonyl (C=O) groups is 3. The van der Waals surface area contributed by atoms with Gasteiger partial charge in [-0.15, -0.1) is 0 Å². The summed E-state index contributed by atoms with van der Waals surface area (Å²) >= 11 is 1.50. The Labute approximate surface area is 128 Å². The number of urea groups is 1. The summed E-state index contributed by atoms with van der Waals surface area (Å²) in [7, 11) is 2.95. The van der Waals surface area contributed by atoms with Gasteiger partial charge in [0.25, 0.3) is 0 Å². The Kier molecular flexibility index (Phi) is 10.4. The summed E-state index contributed by atoms with van der Waals surface area (Å²) in [6, 6.07) is -1.55. The molecule has 0 aliphatic heterocycles. The van der Waals surface area contributed by atoms with Crippen molar-refractivity contribution in [1.29, 1.82) is 0 Å². The number of thioether (sulfide) groups is 1. The molecule has 0 saturated carbocycles. The summed E-state index contributed by atoms with van der Waals surface area (Å²) in [5, 5.41) is 14.0. The fourth-order valence-corrected chi connectivity index (χ4v) is 1.86. The van der Waals surface area contributed by atoms with E-state index in [-0.39, 0.29) is 12.5 Å². The summed E-state index contributed by atoms with van der Waals surface area (Å²) in [4.78, 5) is 35.5. The van der Waals surface area contributed by atoms with Gasteiger partial charge in [-0.3, -0.25) is 4.79 Å². The monoisotopic (exact) mass is 321 g/mol. The first kappa shape index (κ1) is 19.5. The number of carboxylic acid groups (broad SMARTS) is 1. The van der Waals surface area contributed by atoms with Crippen molar-refractivity contribution in [3.63, 3.8) is 0 Å². The predicted octanol–water partition coefficient (Wildman–Crippen LogP) is -0.403. The molecule has 0 aliphatic rings. The third-order valence-corrected chi connectivity index (χ3v) is 3.21. The number of hydrogen-bond acceptors (Lipinski definition) is 5. The highest BCUT2D eigenvalue weighted by atomic mass is 32.2. The number of likely N-dealkylation sites (N-methyl/N-ethyl adjacent to an activating group) is 1. The average Bonchev–Trinajstić information content (AvgIpc) is 2.42. The topological polar surface area (TPSA) is 108 Å². The molecular weight excluding hydrogens is 298 g/mol. The molecule has 0 aliphatic carbocycles. The molecule has 0 radical (unpaired) electrons. The molecule has 0 unspecified atom stereocenters. The summed E-state index contributed by atoms with van der Waals surface area (Å²) in [6.07, 6.45) is 2.19. The third kappa shape index (κ3) is 9.14. The first-order valence-corrected chi connectivity index (χ1v) is 7.80. The van der Waals surface area contributed by atoms with Gasteiger partial charge >= 0.3 is 12.0 Å². The summed E-state index contributed by atoms with van der Waals surface area (Å²) in [6.45, 7) is 0.595. The Morgan fingerprint density at radius 2 is 2.05 bits per heavy atom. The molecule has 1 atom stereocenters. The number of aliphatic carboxylic acids is 1. The van der Waals surface area contributed by atoms with Crippen LogP contribution in [0.5, 0.6) is 0 Å². The van der Waals surface area contributed by atoms with Crippen LogP contribution in [0.1, 0.15) is 6.42 Å². The van der Waals surface area contributed by atoms with Crippen molar-refractivity contribution >= 4 is 29.7 Å². The fourth-order valence-electron chi connectivity index (χ4n) is 1.39. The van der Waals surface area contributed by atoms with Crippen LogP contribution in [0.4, 0.5) is 4.79 Å². The molecule has 21 heavy (non-hydrogen) atoms. The smallest absolute Gasteiger partial charge is 0.326 e. The normalized spacial score (nSPS) is 11.6. The Hall–Kier alpha value is -1.48. The van der Waals surface area contributed by atoms with E-state index in [1.54, 1.807) is 0 Å². The van der Waals surface area contributed by atoms with E-state index < -0.39 is 18.0 Å². The van der Waals surface area contributed by atoms with Crippen LogP contribution in [-0.4, -0.2) is 79.8 Å². The molecule has 0 rings (SSSR count). The van der Waals surface area contributed by atoms with Crippen LogP contribution in [-0.2, 0) is 14.3 Å². The van der Waals surface area contributed by atoms with Gasteiger partial charge in [-0.05, 0) is 18.4 Å². The van der Waals surface area contributed by atoms with E-state index in [2.05, 4.69) is 10.6 Å². The lowest BCUT2D eigenvalue weighted by Gasteiger charge is -2.21. The van der Waals surface area contributed by atoms with E-state index in [0.29, 0.717) is 25.3 Å². The first-order chi connectivity index (χ1) is 9.92. The average molecular weight is 321 g/mol. The van der Waals surface area contributed by atoms with Crippen molar-refractivity contribution in [2.75, 3.05) is 45.9 Å². The maximum absolute atomic E-state index is 11.8.